The van der Waals surface area contributed by atoms with Gasteiger partial charge in [-0.05, 0) is 44.0 Å². The molecule has 0 saturated carbocycles. The first kappa shape index (κ1) is 27.0. The lowest BCUT2D eigenvalue weighted by atomic mass is 10.1. The Morgan fingerprint density at radius 3 is 2.27 bits per heavy atom. The lowest BCUT2D eigenvalue weighted by Gasteiger charge is -2.25. The molecule has 37 heavy (non-hydrogen) atoms. The van der Waals surface area contributed by atoms with Gasteiger partial charge in [-0.1, -0.05) is 99.0 Å². The molecule has 0 saturated heterocycles. The third kappa shape index (κ3) is 6.63. The molecule has 0 spiro atoms. The maximum Gasteiger partial charge on any atom is 0.140 e. The molecular formula is C32H38ClN3O. The number of aromatic nitrogens is 2. The summed E-state index contributed by atoms with van der Waals surface area (Å²) < 4.78 is 2.41. The van der Waals surface area contributed by atoms with Gasteiger partial charge in [0, 0.05) is 41.3 Å². The fourth-order valence-corrected chi connectivity index (χ4v) is 4.87. The molecule has 0 atom stereocenters. The number of halogens is 1. The summed E-state index contributed by atoms with van der Waals surface area (Å²) in [6, 6.07) is 24.5. The fraction of sp³-hybridized carbons (Fsp3) is 0.344. The number of hydrogen-bond donors (Lipinski definition) is 1. The highest BCUT2D eigenvalue weighted by Gasteiger charge is 2.22. The molecule has 4 nitrogen and oxygen atoms in total. The first-order chi connectivity index (χ1) is 18.0. The van der Waals surface area contributed by atoms with Gasteiger partial charge in [0.1, 0.15) is 11.6 Å². The Balaban J connectivity index is 1.82. The van der Waals surface area contributed by atoms with Crippen molar-refractivity contribution in [3.63, 3.8) is 0 Å². The number of benzene rings is 3. The van der Waals surface area contributed by atoms with Crippen LogP contribution in [0.25, 0.3) is 22.6 Å². The van der Waals surface area contributed by atoms with Crippen LogP contribution < -0.4 is 0 Å². The average molecular weight is 516 g/mol. The molecule has 5 heteroatoms. The molecule has 0 aliphatic carbocycles. The van der Waals surface area contributed by atoms with Crippen LogP contribution in [0, 0.1) is 6.92 Å². The third-order valence-corrected chi connectivity index (χ3v) is 7.13. The van der Waals surface area contributed by atoms with Gasteiger partial charge in [0.15, 0.2) is 0 Å². The molecule has 3 aromatic carbocycles. The minimum absolute atomic E-state index is 0.395. The summed E-state index contributed by atoms with van der Waals surface area (Å²) >= 11 is 6.24. The highest BCUT2D eigenvalue weighted by Crippen LogP contribution is 2.33. The normalized spacial score (nSPS) is 11.4. The Bertz CT molecular complexity index is 1280. The lowest BCUT2D eigenvalue weighted by molar-refractivity contribution is 0.243. The van der Waals surface area contributed by atoms with Crippen LogP contribution in [0.4, 0.5) is 0 Å². The minimum Gasteiger partial charge on any atom is -0.507 e. The van der Waals surface area contributed by atoms with Crippen LogP contribution in [-0.4, -0.2) is 26.1 Å². The van der Waals surface area contributed by atoms with Gasteiger partial charge in [-0.25, -0.2) is 4.98 Å². The van der Waals surface area contributed by atoms with Crippen LogP contribution in [0.1, 0.15) is 56.4 Å². The zero-order chi connectivity index (χ0) is 26.2. The van der Waals surface area contributed by atoms with Crippen LogP contribution in [-0.2, 0) is 19.6 Å². The number of phenols is 1. The van der Waals surface area contributed by atoms with Crippen molar-refractivity contribution in [3.05, 3.63) is 94.6 Å². The van der Waals surface area contributed by atoms with Gasteiger partial charge >= 0.3 is 0 Å². The van der Waals surface area contributed by atoms with Crippen LogP contribution in [0.15, 0.2) is 72.8 Å². The van der Waals surface area contributed by atoms with Gasteiger partial charge in [-0.3, -0.25) is 4.90 Å². The van der Waals surface area contributed by atoms with E-state index in [1.807, 2.05) is 43.3 Å². The predicted octanol–water partition coefficient (Wildman–Crippen LogP) is 8.49. The average Bonchev–Trinajstić information content (AvgIpc) is 3.27. The van der Waals surface area contributed by atoms with Gasteiger partial charge < -0.3 is 9.67 Å². The molecule has 1 N–H and O–H groups in total. The van der Waals surface area contributed by atoms with E-state index in [1.165, 1.54) is 5.69 Å². The van der Waals surface area contributed by atoms with Crippen molar-refractivity contribution in [1.82, 2.24) is 14.5 Å². The van der Waals surface area contributed by atoms with E-state index >= 15 is 0 Å². The number of imidazole rings is 1. The minimum atomic E-state index is 0.395. The van der Waals surface area contributed by atoms with Crippen molar-refractivity contribution in [2.75, 3.05) is 6.54 Å². The van der Waals surface area contributed by atoms with Gasteiger partial charge in [-0.2, -0.15) is 0 Å². The molecule has 1 heterocycles. The van der Waals surface area contributed by atoms with E-state index in [2.05, 4.69) is 59.7 Å². The van der Waals surface area contributed by atoms with E-state index in [-0.39, 0.29) is 0 Å². The van der Waals surface area contributed by atoms with E-state index in [4.69, 9.17) is 16.6 Å². The summed E-state index contributed by atoms with van der Waals surface area (Å²) in [4.78, 5) is 7.70. The summed E-state index contributed by atoms with van der Waals surface area (Å²) in [6.07, 6.45) is 4.40. The summed E-state index contributed by atoms with van der Waals surface area (Å²) in [7, 11) is 0. The number of phenolic OH excluding ortho intramolecular Hbond substituents is 1. The van der Waals surface area contributed by atoms with E-state index in [0.717, 1.165) is 84.1 Å². The van der Waals surface area contributed by atoms with Crippen LogP contribution >= 0.6 is 11.6 Å². The zero-order valence-electron chi connectivity index (χ0n) is 22.3. The third-order valence-electron chi connectivity index (χ3n) is 6.87. The molecule has 0 radical (unpaired) electrons. The molecular weight excluding hydrogens is 478 g/mol. The second kappa shape index (κ2) is 12.9. The van der Waals surface area contributed by atoms with Crippen molar-refractivity contribution in [3.8, 4) is 28.4 Å². The summed E-state index contributed by atoms with van der Waals surface area (Å²) in [6.45, 7) is 9.70. The highest BCUT2D eigenvalue weighted by molar-refractivity contribution is 6.30. The van der Waals surface area contributed by atoms with Crippen molar-refractivity contribution < 1.29 is 5.11 Å². The predicted molar refractivity (Wildman–Crippen MR) is 155 cm³/mol. The van der Waals surface area contributed by atoms with E-state index in [1.54, 1.807) is 0 Å². The molecule has 4 aromatic rings. The van der Waals surface area contributed by atoms with Crippen molar-refractivity contribution >= 4 is 11.6 Å². The molecule has 194 valence electrons. The Hall–Kier alpha value is -3.08. The molecule has 1 aromatic heterocycles. The summed E-state index contributed by atoms with van der Waals surface area (Å²) in [5.74, 6) is 1.40. The van der Waals surface area contributed by atoms with Crippen molar-refractivity contribution in [1.29, 1.82) is 0 Å². The monoisotopic (exact) mass is 515 g/mol. The Labute approximate surface area is 226 Å². The highest BCUT2D eigenvalue weighted by atomic mass is 35.5. The quantitative estimate of drug-likeness (QED) is 0.205. The number of aryl methyl sites for hydroxylation is 1. The van der Waals surface area contributed by atoms with E-state index in [0.29, 0.717) is 12.3 Å². The lowest BCUT2D eigenvalue weighted by Crippen LogP contribution is -2.26. The topological polar surface area (TPSA) is 41.3 Å². The molecule has 0 bridgehead atoms. The molecule has 0 aliphatic rings. The zero-order valence-corrected chi connectivity index (χ0v) is 23.0. The van der Waals surface area contributed by atoms with Crippen molar-refractivity contribution in [2.45, 2.75) is 66.1 Å². The fourth-order valence-electron chi connectivity index (χ4n) is 4.75. The number of unbranched alkanes of at least 4 members (excludes halogenated alkanes) is 2. The molecule has 0 fully saturated rings. The Kier molecular flexibility index (Phi) is 9.43. The summed E-state index contributed by atoms with van der Waals surface area (Å²) in [5, 5.41) is 11.5. The largest absolute Gasteiger partial charge is 0.507 e. The van der Waals surface area contributed by atoms with Crippen LogP contribution in [0.2, 0.25) is 5.02 Å². The van der Waals surface area contributed by atoms with E-state index in [9.17, 15) is 5.11 Å². The van der Waals surface area contributed by atoms with Gasteiger partial charge in [0.25, 0.3) is 0 Å². The van der Waals surface area contributed by atoms with Crippen LogP contribution in [0.5, 0.6) is 5.75 Å². The number of rotatable bonds is 12. The van der Waals surface area contributed by atoms with Gasteiger partial charge in [-0.15, -0.1) is 0 Å². The number of nitrogens with zero attached hydrogens (tertiary/aromatic N) is 3. The molecule has 0 aliphatic heterocycles. The SMILES string of the molecule is CCCCN(Cc1cccc(C)c1O)Cc1c(-c2ccc(Cl)cc2)nc(-c2ccccc2)n1CCCC. The number of para-hydroxylation sites is 1. The van der Waals surface area contributed by atoms with Crippen LogP contribution in [0.3, 0.4) is 0 Å². The second-order valence-electron chi connectivity index (χ2n) is 9.76. The number of hydrogen-bond acceptors (Lipinski definition) is 3. The van der Waals surface area contributed by atoms with Crippen molar-refractivity contribution in [2.24, 2.45) is 0 Å². The number of aromatic hydroxyl groups is 1. The Morgan fingerprint density at radius 2 is 1.57 bits per heavy atom. The summed E-state index contributed by atoms with van der Waals surface area (Å²) in [5.41, 5.74) is 6.28. The first-order valence-electron chi connectivity index (χ1n) is 13.4. The maximum absolute atomic E-state index is 10.8. The maximum atomic E-state index is 10.8. The van der Waals surface area contributed by atoms with Gasteiger partial charge in [0.2, 0.25) is 0 Å². The van der Waals surface area contributed by atoms with E-state index < -0.39 is 0 Å². The molecule has 0 amide bonds. The smallest absolute Gasteiger partial charge is 0.140 e. The molecule has 4 rings (SSSR count). The Morgan fingerprint density at radius 1 is 0.838 bits per heavy atom. The first-order valence-corrected chi connectivity index (χ1v) is 13.8. The van der Waals surface area contributed by atoms with Gasteiger partial charge in [0.05, 0.1) is 11.4 Å². The molecule has 0 unspecified atom stereocenters. The second-order valence-corrected chi connectivity index (χ2v) is 10.2. The standard InChI is InChI=1S/C32H38ClN3O/c1-4-6-20-35(22-27-15-11-12-24(3)31(27)37)23-29-30(25-16-18-28(33)19-17-25)34-32(36(29)21-7-5-2)26-13-9-8-10-14-26/h8-19,37H,4-7,20-23H2,1-3H3.